The molecule has 2 fully saturated rings. The van der Waals surface area contributed by atoms with Gasteiger partial charge in [-0.05, 0) is 32.6 Å². The molecule has 3 rings (SSSR count). The van der Waals surface area contributed by atoms with Crippen LogP contribution in [0.3, 0.4) is 0 Å². The Morgan fingerprint density at radius 3 is 2.08 bits per heavy atom. The number of nitrogens with zero attached hydrogens (tertiary/aromatic N) is 3. The van der Waals surface area contributed by atoms with E-state index in [1.165, 1.54) is 44.7 Å². The predicted molar refractivity (Wildman–Crippen MR) is 98.8 cm³/mol. The second-order valence-electron chi connectivity index (χ2n) is 7.73. The normalized spacial score (nSPS) is 19.3. The quantitative estimate of drug-likeness (QED) is 0.754. The maximum atomic E-state index is 13.0. The van der Waals surface area contributed by atoms with Crippen LogP contribution in [-0.2, 0) is 16.6 Å². The van der Waals surface area contributed by atoms with Crippen molar-refractivity contribution in [1.29, 1.82) is 0 Å². The zero-order valence-corrected chi connectivity index (χ0v) is 16.1. The van der Waals surface area contributed by atoms with Gasteiger partial charge in [0.1, 0.15) is 5.56 Å². The van der Waals surface area contributed by atoms with E-state index in [0.29, 0.717) is 17.6 Å². The summed E-state index contributed by atoms with van der Waals surface area (Å²) in [6, 6.07) is 0.636. The number of amides is 1. The van der Waals surface area contributed by atoms with E-state index in [2.05, 4.69) is 10.00 Å². The maximum Gasteiger partial charge on any atom is 0.342 e. The Morgan fingerprint density at radius 2 is 1.62 bits per heavy atom. The SMILES string of the molecule is Cc1c(C(=O)OCC(=O)N(C2CCCCC2)C2CCCCC2)cnn1C. The number of aryl methyl sites for hydroxylation is 1. The first-order valence-corrected chi connectivity index (χ1v) is 10.0. The van der Waals surface area contributed by atoms with E-state index in [1.54, 1.807) is 11.7 Å². The smallest absolute Gasteiger partial charge is 0.342 e. The molecule has 0 unspecified atom stereocenters. The van der Waals surface area contributed by atoms with Gasteiger partial charge in [-0.3, -0.25) is 9.48 Å². The van der Waals surface area contributed by atoms with E-state index in [1.807, 2.05) is 6.92 Å². The number of aromatic nitrogens is 2. The fourth-order valence-corrected chi connectivity index (χ4v) is 4.40. The van der Waals surface area contributed by atoms with Gasteiger partial charge in [-0.15, -0.1) is 0 Å². The van der Waals surface area contributed by atoms with Gasteiger partial charge in [-0.1, -0.05) is 38.5 Å². The minimum Gasteiger partial charge on any atom is -0.452 e. The standard InChI is InChI=1S/C20H31N3O3/c1-15-18(13-21-22(15)2)20(25)26-14-19(24)23(16-9-5-3-6-10-16)17-11-7-4-8-12-17/h13,16-17H,3-12,14H2,1-2H3. The summed E-state index contributed by atoms with van der Waals surface area (Å²) in [5.41, 5.74) is 1.18. The van der Waals surface area contributed by atoms with Crippen LogP contribution < -0.4 is 0 Å². The summed E-state index contributed by atoms with van der Waals surface area (Å²) in [4.78, 5) is 27.4. The fraction of sp³-hybridized carbons (Fsp3) is 0.750. The third-order valence-electron chi connectivity index (χ3n) is 6.01. The zero-order valence-electron chi connectivity index (χ0n) is 16.1. The summed E-state index contributed by atoms with van der Waals surface area (Å²) in [6.45, 7) is 1.65. The summed E-state index contributed by atoms with van der Waals surface area (Å²) >= 11 is 0. The van der Waals surface area contributed by atoms with Crippen LogP contribution in [0.25, 0.3) is 0 Å². The van der Waals surface area contributed by atoms with E-state index in [-0.39, 0.29) is 12.5 Å². The van der Waals surface area contributed by atoms with Crippen LogP contribution in [0.1, 0.15) is 80.3 Å². The minimum absolute atomic E-state index is 0.0290. The lowest BCUT2D eigenvalue weighted by Gasteiger charge is -2.41. The molecule has 144 valence electrons. The largest absolute Gasteiger partial charge is 0.452 e. The molecule has 1 heterocycles. The Labute approximate surface area is 155 Å². The number of rotatable bonds is 5. The molecule has 0 radical (unpaired) electrons. The number of esters is 1. The summed E-state index contributed by atoms with van der Waals surface area (Å²) in [5, 5.41) is 4.07. The molecule has 2 saturated carbocycles. The van der Waals surface area contributed by atoms with Crippen molar-refractivity contribution in [2.24, 2.45) is 7.05 Å². The third-order valence-corrected chi connectivity index (χ3v) is 6.01. The average Bonchev–Trinajstić information content (AvgIpc) is 3.01. The zero-order chi connectivity index (χ0) is 18.5. The van der Waals surface area contributed by atoms with Crippen LogP contribution in [0.2, 0.25) is 0 Å². The summed E-state index contributed by atoms with van der Waals surface area (Å²) in [7, 11) is 1.78. The van der Waals surface area contributed by atoms with Gasteiger partial charge in [0.25, 0.3) is 5.91 Å². The number of carbonyl (C=O) groups excluding carboxylic acids is 2. The van der Waals surface area contributed by atoms with E-state index in [4.69, 9.17) is 4.74 Å². The molecule has 0 spiro atoms. The van der Waals surface area contributed by atoms with Crippen LogP contribution >= 0.6 is 0 Å². The van der Waals surface area contributed by atoms with Gasteiger partial charge in [0.2, 0.25) is 0 Å². The van der Waals surface area contributed by atoms with Crippen molar-refractivity contribution in [3.05, 3.63) is 17.5 Å². The number of ether oxygens (including phenoxy) is 1. The van der Waals surface area contributed by atoms with Crippen LogP contribution in [0.15, 0.2) is 6.20 Å². The highest BCUT2D eigenvalue weighted by molar-refractivity contribution is 5.92. The first-order chi connectivity index (χ1) is 12.6. The average molecular weight is 361 g/mol. The van der Waals surface area contributed by atoms with Crippen LogP contribution in [0.4, 0.5) is 0 Å². The Bertz CT molecular complexity index is 610. The van der Waals surface area contributed by atoms with Gasteiger partial charge in [-0.25, -0.2) is 4.79 Å². The lowest BCUT2D eigenvalue weighted by atomic mass is 9.88. The molecule has 6 nitrogen and oxygen atoms in total. The lowest BCUT2D eigenvalue weighted by Crippen LogP contribution is -2.50. The van der Waals surface area contributed by atoms with Gasteiger partial charge in [0, 0.05) is 24.8 Å². The topological polar surface area (TPSA) is 64.4 Å². The van der Waals surface area contributed by atoms with Gasteiger partial charge in [-0.2, -0.15) is 5.10 Å². The first kappa shape index (κ1) is 18.9. The Morgan fingerprint density at radius 1 is 1.08 bits per heavy atom. The third kappa shape index (κ3) is 4.27. The number of hydrogen-bond acceptors (Lipinski definition) is 4. The van der Waals surface area contributed by atoms with Crippen LogP contribution in [0.5, 0.6) is 0 Å². The van der Waals surface area contributed by atoms with Crippen molar-refractivity contribution >= 4 is 11.9 Å². The predicted octanol–water partition coefficient (Wildman–Crippen LogP) is 3.38. The monoisotopic (exact) mass is 361 g/mol. The molecule has 2 aliphatic carbocycles. The van der Waals surface area contributed by atoms with Crippen molar-refractivity contribution < 1.29 is 14.3 Å². The molecule has 1 amide bonds. The molecule has 0 N–H and O–H groups in total. The summed E-state index contributed by atoms with van der Waals surface area (Å²) in [6.07, 6.45) is 13.1. The van der Waals surface area contributed by atoms with Gasteiger partial charge in [0.15, 0.2) is 6.61 Å². The molecule has 1 aromatic heterocycles. The van der Waals surface area contributed by atoms with Gasteiger partial charge in [0.05, 0.1) is 6.20 Å². The summed E-state index contributed by atoms with van der Waals surface area (Å²) < 4.78 is 7.00. The van der Waals surface area contributed by atoms with E-state index in [0.717, 1.165) is 31.4 Å². The second-order valence-corrected chi connectivity index (χ2v) is 7.73. The van der Waals surface area contributed by atoms with Crippen molar-refractivity contribution in [3.63, 3.8) is 0 Å². The van der Waals surface area contributed by atoms with E-state index < -0.39 is 5.97 Å². The molecule has 0 aromatic carbocycles. The lowest BCUT2D eigenvalue weighted by molar-refractivity contribution is -0.141. The van der Waals surface area contributed by atoms with Crippen molar-refractivity contribution in [1.82, 2.24) is 14.7 Å². The second kappa shape index (κ2) is 8.69. The molecular formula is C20H31N3O3. The van der Waals surface area contributed by atoms with Gasteiger partial charge < -0.3 is 9.64 Å². The van der Waals surface area contributed by atoms with E-state index in [9.17, 15) is 9.59 Å². The number of carbonyl (C=O) groups is 2. The van der Waals surface area contributed by atoms with Gasteiger partial charge >= 0.3 is 5.97 Å². The van der Waals surface area contributed by atoms with Crippen LogP contribution in [-0.4, -0.2) is 45.2 Å². The minimum atomic E-state index is -0.462. The Hall–Kier alpha value is -1.85. The molecule has 26 heavy (non-hydrogen) atoms. The molecule has 2 aliphatic rings. The maximum absolute atomic E-state index is 13.0. The molecule has 0 bridgehead atoms. The molecule has 1 aromatic rings. The molecule has 0 aliphatic heterocycles. The highest BCUT2D eigenvalue weighted by Gasteiger charge is 2.33. The van der Waals surface area contributed by atoms with Crippen molar-refractivity contribution in [3.8, 4) is 0 Å². The Balaban J connectivity index is 1.64. The summed E-state index contributed by atoms with van der Waals surface area (Å²) in [5.74, 6) is -0.491. The molecular weight excluding hydrogens is 330 g/mol. The molecule has 0 atom stereocenters. The molecule has 0 saturated heterocycles. The van der Waals surface area contributed by atoms with Crippen LogP contribution in [0, 0.1) is 6.92 Å². The van der Waals surface area contributed by atoms with E-state index >= 15 is 0 Å². The number of hydrogen-bond donors (Lipinski definition) is 0. The van der Waals surface area contributed by atoms with Crippen molar-refractivity contribution in [2.75, 3.05) is 6.61 Å². The molecule has 6 heteroatoms. The Kier molecular flexibility index (Phi) is 6.33. The highest BCUT2D eigenvalue weighted by Crippen LogP contribution is 2.30. The highest BCUT2D eigenvalue weighted by atomic mass is 16.5. The van der Waals surface area contributed by atoms with Crippen molar-refractivity contribution in [2.45, 2.75) is 83.2 Å². The first-order valence-electron chi connectivity index (χ1n) is 10.0. The fourth-order valence-electron chi connectivity index (χ4n) is 4.40.